The number of benzene rings is 1. The summed E-state index contributed by atoms with van der Waals surface area (Å²) in [5, 5.41) is 0. The van der Waals surface area contributed by atoms with E-state index in [2.05, 4.69) is 0 Å². The van der Waals surface area contributed by atoms with E-state index in [0.29, 0.717) is 6.54 Å². The third-order valence-corrected chi connectivity index (χ3v) is 6.87. The van der Waals surface area contributed by atoms with Crippen LogP contribution in [0.5, 0.6) is 0 Å². The quantitative estimate of drug-likeness (QED) is 0.765. The molecule has 3 aliphatic rings. The van der Waals surface area contributed by atoms with Gasteiger partial charge in [-0.05, 0) is 37.1 Å². The maximum Gasteiger partial charge on any atom is 0.233 e. The van der Waals surface area contributed by atoms with Crippen molar-refractivity contribution in [2.24, 2.45) is 11.8 Å². The molecule has 26 heavy (non-hydrogen) atoms. The van der Waals surface area contributed by atoms with E-state index in [1.165, 1.54) is 4.90 Å². The van der Waals surface area contributed by atoms with E-state index in [1.54, 1.807) is 11.8 Å². The molecule has 3 amide bonds. The minimum absolute atomic E-state index is 0.00424. The summed E-state index contributed by atoms with van der Waals surface area (Å²) in [6.45, 7) is 0.908. The third-order valence-electron chi connectivity index (χ3n) is 5.72. The lowest BCUT2D eigenvalue weighted by Crippen LogP contribution is -2.38. The number of likely N-dealkylation sites (tertiary alicyclic amines) is 1. The minimum atomic E-state index is -0.137. The predicted molar refractivity (Wildman–Crippen MR) is 101 cm³/mol. The number of imide groups is 1. The maximum atomic E-state index is 12.9. The van der Waals surface area contributed by atoms with Gasteiger partial charge in [0.2, 0.25) is 17.7 Å². The van der Waals surface area contributed by atoms with E-state index in [0.717, 1.165) is 48.4 Å². The van der Waals surface area contributed by atoms with Crippen LogP contribution >= 0.6 is 11.8 Å². The van der Waals surface area contributed by atoms with Gasteiger partial charge in [0.1, 0.15) is 0 Å². The molecule has 0 spiro atoms. The molecule has 0 unspecified atom stereocenters. The van der Waals surface area contributed by atoms with Gasteiger partial charge in [-0.3, -0.25) is 19.3 Å². The number of carbonyl (C=O) groups excluding carboxylic acids is 3. The Hall–Kier alpha value is -1.82. The van der Waals surface area contributed by atoms with Crippen molar-refractivity contribution in [2.45, 2.75) is 43.4 Å². The molecule has 0 bridgehead atoms. The van der Waals surface area contributed by atoms with Crippen LogP contribution in [0.2, 0.25) is 0 Å². The second-order valence-electron chi connectivity index (χ2n) is 7.29. The smallest absolute Gasteiger partial charge is 0.233 e. The van der Waals surface area contributed by atoms with Gasteiger partial charge in [0.15, 0.2) is 0 Å². The molecular formula is C20H24N2O3S. The third kappa shape index (κ3) is 3.15. The summed E-state index contributed by atoms with van der Waals surface area (Å²) >= 11 is 1.78. The van der Waals surface area contributed by atoms with Crippen molar-refractivity contribution in [2.75, 3.05) is 23.7 Å². The van der Waals surface area contributed by atoms with Crippen LogP contribution in [0.25, 0.3) is 0 Å². The van der Waals surface area contributed by atoms with Crippen molar-refractivity contribution < 1.29 is 14.4 Å². The number of hydrogen-bond donors (Lipinski definition) is 0. The molecule has 4 rings (SSSR count). The van der Waals surface area contributed by atoms with E-state index in [9.17, 15) is 14.4 Å². The van der Waals surface area contributed by atoms with Crippen molar-refractivity contribution >= 4 is 35.2 Å². The lowest BCUT2D eigenvalue weighted by molar-refractivity contribution is -0.140. The van der Waals surface area contributed by atoms with Crippen LogP contribution in [0.4, 0.5) is 5.69 Å². The summed E-state index contributed by atoms with van der Waals surface area (Å²) in [5.41, 5.74) is 0.952. The van der Waals surface area contributed by atoms with Gasteiger partial charge < -0.3 is 4.90 Å². The molecule has 1 aliphatic carbocycles. The Labute approximate surface area is 158 Å². The normalized spacial score (nSPS) is 25.7. The Morgan fingerprint density at radius 1 is 1.04 bits per heavy atom. The predicted octanol–water partition coefficient (Wildman–Crippen LogP) is 3.08. The van der Waals surface area contributed by atoms with Crippen molar-refractivity contribution in [1.29, 1.82) is 0 Å². The van der Waals surface area contributed by atoms with Gasteiger partial charge in [-0.25, -0.2) is 0 Å². The number of thioether (sulfide) groups is 1. The van der Waals surface area contributed by atoms with Crippen molar-refractivity contribution in [3.8, 4) is 0 Å². The monoisotopic (exact) mass is 372 g/mol. The first-order chi connectivity index (χ1) is 12.7. The Morgan fingerprint density at radius 2 is 1.73 bits per heavy atom. The second kappa shape index (κ2) is 7.43. The summed E-state index contributed by atoms with van der Waals surface area (Å²) in [6, 6.07) is 7.96. The van der Waals surface area contributed by atoms with Gasteiger partial charge in [-0.15, -0.1) is 11.8 Å². The number of amides is 3. The van der Waals surface area contributed by atoms with Crippen LogP contribution in [0.3, 0.4) is 0 Å². The summed E-state index contributed by atoms with van der Waals surface area (Å²) in [6.07, 6.45) is 4.82. The SMILES string of the molecule is O=C1[C@H]2CCCC[C@H]2C(=O)N1CCC(=O)N1CCCSc2ccccc21. The van der Waals surface area contributed by atoms with Crippen molar-refractivity contribution in [3.05, 3.63) is 24.3 Å². The van der Waals surface area contributed by atoms with Crippen LogP contribution in [-0.4, -0.2) is 41.5 Å². The summed E-state index contributed by atoms with van der Waals surface area (Å²) in [4.78, 5) is 42.3. The lowest BCUT2D eigenvalue weighted by atomic mass is 9.81. The first kappa shape index (κ1) is 17.6. The fourth-order valence-electron chi connectivity index (χ4n) is 4.38. The Kier molecular flexibility index (Phi) is 5.02. The molecule has 5 nitrogen and oxygen atoms in total. The highest BCUT2D eigenvalue weighted by atomic mass is 32.2. The fourth-order valence-corrected chi connectivity index (χ4v) is 5.37. The number of carbonyl (C=O) groups is 3. The van der Waals surface area contributed by atoms with Crippen LogP contribution in [0.15, 0.2) is 29.2 Å². The number of rotatable bonds is 3. The molecule has 0 radical (unpaired) electrons. The van der Waals surface area contributed by atoms with Gasteiger partial charge in [0.05, 0.1) is 17.5 Å². The Morgan fingerprint density at radius 3 is 2.46 bits per heavy atom. The molecule has 6 heteroatoms. The van der Waals surface area contributed by atoms with Crippen molar-refractivity contribution in [1.82, 2.24) is 4.90 Å². The number of fused-ring (bicyclic) bond motifs is 2. The van der Waals surface area contributed by atoms with Crippen LogP contribution in [0.1, 0.15) is 38.5 Å². The number of nitrogens with zero attached hydrogens (tertiary/aromatic N) is 2. The van der Waals surface area contributed by atoms with Gasteiger partial charge in [-0.2, -0.15) is 0 Å². The average molecular weight is 372 g/mol. The topological polar surface area (TPSA) is 57.7 Å². The molecule has 138 valence electrons. The van der Waals surface area contributed by atoms with Crippen LogP contribution in [-0.2, 0) is 14.4 Å². The number of anilines is 1. The van der Waals surface area contributed by atoms with Gasteiger partial charge in [-0.1, -0.05) is 25.0 Å². The highest BCUT2D eigenvalue weighted by Gasteiger charge is 2.47. The molecule has 2 fully saturated rings. The second-order valence-corrected chi connectivity index (χ2v) is 8.43. The van der Waals surface area contributed by atoms with Crippen LogP contribution in [0, 0.1) is 11.8 Å². The summed E-state index contributed by atoms with van der Waals surface area (Å²) in [7, 11) is 0. The van der Waals surface area contributed by atoms with Gasteiger partial charge in [0.25, 0.3) is 0 Å². The van der Waals surface area contributed by atoms with Crippen LogP contribution < -0.4 is 4.90 Å². The number of hydrogen-bond acceptors (Lipinski definition) is 4. The molecule has 1 aromatic rings. The van der Waals surface area contributed by atoms with E-state index >= 15 is 0 Å². The molecule has 0 N–H and O–H groups in total. The lowest BCUT2D eigenvalue weighted by Gasteiger charge is -2.23. The minimum Gasteiger partial charge on any atom is -0.311 e. The molecular weight excluding hydrogens is 348 g/mol. The molecule has 2 heterocycles. The molecule has 2 atom stereocenters. The molecule has 0 aromatic heterocycles. The van der Waals surface area contributed by atoms with E-state index in [1.807, 2.05) is 29.2 Å². The molecule has 1 saturated carbocycles. The largest absolute Gasteiger partial charge is 0.311 e. The number of para-hydroxylation sites is 1. The molecule has 1 aromatic carbocycles. The zero-order valence-corrected chi connectivity index (χ0v) is 15.7. The van der Waals surface area contributed by atoms with E-state index in [-0.39, 0.29) is 42.5 Å². The summed E-state index contributed by atoms with van der Waals surface area (Å²) < 4.78 is 0. The zero-order chi connectivity index (χ0) is 18.1. The van der Waals surface area contributed by atoms with Gasteiger partial charge in [0, 0.05) is 24.4 Å². The maximum absolute atomic E-state index is 12.9. The van der Waals surface area contributed by atoms with E-state index < -0.39 is 0 Å². The Balaban J connectivity index is 1.44. The zero-order valence-electron chi connectivity index (χ0n) is 14.9. The molecule has 2 aliphatic heterocycles. The average Bonchev–Trinajstić information content (AvgIpc) is 2.82. The standard InChI is InChI=1S/C20H24N2O3S/c23-18(21-11-5-13-26-17-9-4-3-8-16(17)21)10-12-22-19(24)14-6-1-2-7-15(14)20(22)25/h3-4,8-9,14-15H,1-2,5-7,10-13H2/t14-,15+. The highest BCUT2D eigenvalue weighted by Crippen LogP contribution is 2.38. The fraction of sp³-hybridized carbons (Fsp3) is 0.550. The summed E-state index contributed by atoms with van der Waals surface area (Å²) in [5.74, 6) is 0.602. The highest BCUT2D eigenvalue weighted by molar-refractivity contribution is 7.99. The first-order valence-corrected chi connectivity index (χ1v) is 10.5. The first-order valence-electron chi connectivity index (χ1n) is 9.54. The van der Waals surface area contributed by atoms with E-state index in [4.69, 9.17) is 0 Å². The Bertz CT molecular complexity index is 712. The van der Waals surface area contributed by atoms with Gasteiger partial charge >= 0.3 is 0 Å². The molecule has 1 saturated heterocycles. The van der Waals surface area contributed by atoms with Crippen molar-refractivity contribution in [3.63, 3.8) is 0 Å².